The molecule has 2 aromatic heterocycles. The number of aromatic nitrogens is 2. The molecule has 78 valence electrons. The maximum atomic E-state index is 10.4. The summed E-state index contributed by atoms with van der Waals surface area (Å²) in [5.41, 5.74) is 0.940. The summed E-state index contributed by atoms with van der Waals surface area (Å²) in [6.45, 7) is 0.316. The normalized spacial score (nSPS) is 10.1. The standard InChI is InChI=1S/C8H7N3O3S/c12-8(13)7-10-6(14-11-7)3-9-5-1-2-15-4-5/h1-2,4,9H,3H2,(H,12,13). The first-order chi connectivity index (χ1) is 7.25. The summed E-state index contributed by atoms with van der Waals surface area (Å²) in [6, 6.07) is 1.90. The number of aromatic carboxylic acids is 1. The fourth-order valence-corrected chi connectivity index (χ4v) is 1.57. The van der Waals surface area contributed by atoms with Crippen LogP contribution in [0.25, 0.3) is 0 Å². The van der Waals surface area contributed by atoms with Crippen molar-refractivity contribution in [3.8, 4) is 0 Å². The number of hydrogen-bond donors (Lipinski definition) is 2. The molecule has 0 bridgehead atoms. The Kier molecular flexibility index (Phi) is 2.64. The van der Waals surface area contributed by atoms with Crippen LogP contribution in [0.1, 0.15) is 16.5 Å². The minimum absolute atomic E-state index is 0.249. The van der Waals surface area contributed by atoms with E-state index in [-0.39, 0.29) is 11.7 Å². The Bertz CT molecular complexity index is 451. The van der Waals surface area contributed by atoms with Crippen molar-refractivity contribution in [3.63, 3.8) is 0 Å². The summed E-state index contributed by atoms with van der Waals surface area (Å²) in [4.78, 5) is 14.1. The summed E-state index contributed by atoms with van der Waals surface area (Å²) >= 11 is 1.56. The first-order valence-corrected chi connectivity index (χ1v) is 5.02. The van der Waals surface area contributed by atoms with E-state index >= 15 is 0 Å². The molecule has 0 aliphatic heterocycles. The van der Waals surface area contributed by atoms with Crippen LogP contribution in [0.5, 0.6) is 0 Å². The van der Waals surface area contributed by atoms with E-state index in [0.717, 1.165) is 5.69 Å². The molecule has 0 aliphatic rings. The van der Waals surface area contributed by atoms with Crippen LogP contribution in [0.4, 0.5) is 5.69 Å². The number of carbonyl (C=O) groups is 1. The van der Waals surface area contributed by atoms with Gasteiger partial charge >= 0.3 is 5.97 Å². The third kappa shape index (κ3) is 2.32. The molecule has 2 rings (SSSR count). The van der Waals surface area contributed by atoms with Crippen LogP contribution >= 0.6 is 11.3 Å². The van der Waals surface area contributed by atoms with Crippen LogP contribution in [0.15, 0.2) is 21.3 Å². The lowest BCUT2D eigenvalue weighted by Crippen LogP contribution is -2.01. The molecule has 2 aromatic rings. The summed E-state index contributed by atoms with van der Waals surface area (Å²) < 4.78 is 4.72. The van der Waals surface area contributed by atoms with Gasteiger partial charge in [0, 0.05) is 11.1 Å². The second-order valence-electron chi connectivity index (χ2n) is 2.68. The van der Waals surface area contributed by atoms with E-state index in [1.807, 2.05) is 16.8 Å². The lowest BCUT2D eigenvalue weighted by Gasteiger charge is -1.97. The van der Waals surface area contributed by atoms with Gasteiger partial charge in [-0.25, -0.2) is 4.79 Å². The van der Waals surface area contributed by atoms with E-state index < -0.39 is 5.97 Å². The van der Waals surface area contributed by atoms with Crippen LogP contribution < -0.4 is 5.32 Å². The Morgan fingerprint density at radius 1 is 1.67 bits per heavy atom. The smallest absolute Gasteiger partial charge is 0.377 e. The van der Waals surface area contributed by atoms with Crippen molar-refractivity contribution in [1.29, 1.82) is 0 Å². The van der Waals surface area contributed by atoms with Crippen LogP contribution in [0, 0.1) is 0 Å². The Balaban J connectivity index is 1.96. The molecule has 0 unspecified atom stereocenters. The molecule has 0 saturated carbocycles. The van der Waals surface area contributed by atoms with Crippen LogP contribution in [0.3, 0.4) is 0 Å². The number of nitrogens with one attached hydrogen (secondary N) is 1. The Hall–Kier alpha value is -1.89. The number of carboxylic acids is 1. The maximum absolute atomic E-state index is 10.4. The largest absolute Gasteiger partial charge is 0.475 e. The van der Waals surface area contributed by atoms with E-state index in [1.165, 1.54) is 0 Å². The molecule has 0 radical (unpaired) electrons. The van der Waals surface area contributed by atoms with Crippen molar-refractivity contribution in [2.24, 2.45) is 0 Å². The zero-order valence-corrected chi connectivity index (χ0v) is 8.32. The van der Waals surface area contributed by atoms with Crippen LogP contribution in [0.2, 0.25) is 0 Å². The van der Waals surface area contributed by atoms with E-state index in [1.54, 1.807) is 11.3 Å². The van der Waals surface area contributed by atoms with Gasteiger partial charge in [-0.05, 0) is 16.6 Å². The molecule has 2 heterocycles. The molecule has 0 spiro atoms. The highest BCUT2D eigenvalue weighted by Crippen LogP contribution is 2.12. The van der Waals surface area contributed by atoms with Gasteiger partial charge in [0.1, 0.15) is 0 Å². The molecule has 0 aliphatic carbocycles. The highest BCUT2D eigenvalue weighted by atomic mass is 32.1. The summed E-state index contributed by atoms with van der Waals surface area (Å²) in [6.07, 6.45) is 0. The molecule has 0 atom stereocenters. The third-order valence-corrected chi connectivity index (χ3v) is 2.31. The Morgan fingerprint density at radius 3 is 3.13 bits per heavy atom. The second-order valence-corrected chi connectivity index (χ2v) is 3.46. The predicted octanol–water partition coefficient (Wildman–Crippen LogP) is 1.44. The fraction of sp³-hybridized carbons (Fsp3) is 0.125. The number of nitrogens with zero attached hydrogens (tertiary/aromatic N) is 2. The Morgan fingerprint density at radius 2 is 2.53 bits per heavy atom. The van der Waals surface area contributed by atoms with Crippen molar-refractivity contribution in [3.05, 3.63) is 28.5 Å². The lowest BCUT2D eigenvalue weighted by molar-refractivity contribution is 0.0680. The zero-order chi connectivity index (χ0) is 10.7. The predicted molar refractivity (Wildman–Crippen MR) is 52.9 cm³/mol. The topological polar surface area (TPSA) is 88.2 Å². The number of rotatable bonds is 4. The van der Waals surface area contributed by atoms with Crippen molar-refractivity contribution in [1.82, 2.24) is 10.1 Å². The van der Waals surface area contributed by atoms with Gasteiger partial charge in [-0.2, -0.15) is 16.3 Å². The molecule has 0 fully saturated rings. The molecular formula is C8H7N3O3S. The maximum Gasteiger partial charge on any atom is 0.377 e. The molecule has 2 N–H and O–H groups in total. The van der Waals surface area contributed by atoms with Gasteiger partial charge < -0.3 is 14.9 Å². The van der Waals surface area contributed by atoms with Crippen LogP contribution in [-0.2, 0) is 6.54 Å². The van der Waals surface area contributed by atoms with Crippen LogP contribution in [-0.4, -0.2) is 21.2 Å². The summed E-state index contributed by atoms with van der Waals surface area (Å²) in [5.74, 6) is -1.27. The van der Waals surface area contributed by atoms with E-state index in [9.17, 15) is 4.79 Å². The monoisotopic (exact) mass is 225 g/mol. The van der Waals surface area contributed by atoms with Gasteiger partial charge in [0.15, 0.2) is 0 Å². The molecule has 6 nitrogen and oxygen atoms in total. The highest BCUT2D eigenvalue weighted by molar-refractivity contribution is 7.08. The second kappa shape index (κ2) is 4.09. The molecule has 15 heavy (non-hydrogen) atoms. The number of carboxylic acid groups (broad SMARTS) is 1. The lowest BCUT2D eigenvalue weighted by atomic mass is 10.5. The molecule has 0 saturated heterocycles. The summed E-state index contributed by atoms with van der Waals surface area (Å²) in [7, 11) is 0. The SMILES string of the molecule is O=C(O)c1noc(CNc2ccsc2)n1. The molecular weight excluding hydrogens is 218 g/mol. The van der Waals surface area contributed by atoms with Gasteiger partial charge in [-0.1, -0.05) is 0 Å². The first-order valence-electron chi connectivity index (χ1n) is 4.07. The highest BCUT2D eigenvalue weighted by Gasteiger charge is 2.12. The minimum atomic E-state index is -1.19. The van der Waals surface area contributed by atoms with Gasteiger partial charge in [0.25, 0.3) is 5.82 Å². The zero-order valence-electron chi connectivity index (χ0n) is 7.51. The van der Waals surface area contributed by atoms with Crippen molar-refractivity contribution >= 4 is 23.0 Å². The quantitative estimate of drug-likeness (QED) is 0.818. The van der Waals surface area contributed by atoms with Crippen molar-refractivity contribution in [2.45, 2.75) is 6.54 Å². The van der Waals surface area contributed by atoms with Gasteiger partial charge in [-0.3, -0.25) is 0 Å². The van der Waals surface area contributed by atoms with Crippen molar-refractivity contribution < 1.29 is 14.4 Å². The molecule has 0 amide bonds. The van der Waals surface area contributed by atoms with Gasteiger partial charge in [0.05, 0.1) is 6.54 Å². The fourth-order valence-electron chi connectivity index (χ4n) is 0.956. The van der Waals surface area contributed by atoms with Crippen molar-refractivity contribution in [2.75, 3.05) is 5.32 Å². The molecule has 0 aromatic carbocycles. The number of thiophene rings is 1. The average molecular weight is 225 g/mol. The first kappa shape index (κ1) is 9.66. The van der Waals surface area contributed by atoms with Gasteiger partial charge in [-0.15, -0.1) is 0 Å². The third-order valence-electron chi connectivity index (χ3n) is 1.62. The van der Waals surface area contributed by atoms with E-state index in [4.69, 9.17) is 9.63 Å². The number of anilines is 1. The van der Waals surface area contributed by atoms with Gasteiger partial charge in [0.2, 0.25) is 5.89 Å². The minimum Gasteiger partial charge on any atom is -0.475 e. The van der Waals surface area contributed by atoms with E-state index in [2.05, 4.69) is 15.5 Å². The summed E-state index contributed by atoms with van der Waals surface area (Å²) in [5, 5.41) is 18.7. The Labute approximate surface area is 88.5 Å². The average Bonchev–Trinajstić information content (AvgIpc) is 2.86. The number of hydrogen-bond acceptors (Lipinski definition) is 6. The molecule has 7 heteroatoms. The van der Waals surface area contributed by atoms with E-state index in [0.29, 0.717) is 6.54 Å².